The molecular formula is C9H10N6. The maximum Gasteiger partial charge on any atom is 0.220 e. The van der Waals surface area contributed by atoms with Crippen LogP contribution in [-0.4, -0.2) is 19.9 Å². The molecule has 6 heteroatoms. The first kappa shape index (κ1) is 9.32. The fourth-order valence-corrected chi connectivity index (χ4v) is 1.19. The van der Waals surface area contributed by atoms with Crippen molar-refractivity contribution >= 4 is 11.8 Å². The lowest BCUT2D eigenvalue weighted by Crippen LogP contribution is -2.00. The quantitative estimate of drug-likeness (QED) is 0.694. The van der Waals surface area contributed by atoms with E-state index in [1.807, 2.05) is 6.92 Å². The minimum Gasteiger partial charge on any atom is -0.382 e. The standard InChI is InChI=1S/C9H10N6/c1-5-2-6(15-9(11)14-5)7-3-13-8(10)4-12-7/h2-4H,1H3,(H2,10,13)(H2,11,14,15). The summed E-state index contributed by atoms with van der Waals surface area (Å²) >= 11 is 0. The van der Waals surface area contributed by atoms with Crippen LogP contribution >= 0.6 is 0 Å². The second-order valence-corrected chi connectivity index (χ2v) is 3.08. The summed E-state index contributed by atoms with van der Waals surface area (Å²) in [7, 11) is 0. The van der Waals surface area contributed by atoms with Crippen LogP contribution in [0.3, 0.4) is 0 Å². The molecule has 0 aromatic carbocycles. The van der Waals surface area contributed by atoms with Gasteiger partial charge in [-0.1, -0.05) is 0 Å². The molecule has 0 saturated heterocycles. The van der Waals surface area contributed by atoms with Crippen LogP contribution in [0.25, 0.3) is 11.4 Å². The van der Waals surface area contributed by atoms with E-state index in [1.54, 1.807) is 12.3 Å². The molecule has 0 aliphatic carbocycles. The summed E-state index contributed by atoms with van der Waals surface area (Å²) in [5.41, 5.74) is 13.0. The van der Waals surface area contributed by atoms with E-state index in [9.17, 15) is 0 Å². The summed E-state index contributed by atoms with van der Waals surface area (Å²) in [5, 5.41) is 0. The average Bonchev–Trinajstić information content (AvgIpc) is 2.17. The highest BCUT2D eigenvalue weighted by atomic mass is 15.0. The van der Waals surface area contributed by atoms with Crippen molar-refractivity contribution in [2.24, 2.45) is 0 Å². The molecule has 6 nitrogen and oxygen atoms in total. The zero-order chi connectivity index (χ0) is 10.8. The van der Waals surface area contributed by atoms with Gasteiger partial charge in [-0.3, -0.25) is 0 Å². The molecule has 2 rings (SSSR count). The first-order valence-corrected chi connectivity index (χ1v) is 4.34. The lowest BCUT2D eigenvalue weighted by molar-refractivity contribution is 1.10. The number of aryl methyl sites for hydroxylation is 1. The molecular weight excluding hydrogens is 192 g/mol. The van der Waals surface area contributed by atoms with E-state index in [0.717, 1.165) is 5.69 Å². The maximum absolute atomic E-state index is 5.53. The van der Waals surface area contributed by atoms with E-state index in [-0.39, 0.29) is 5.95 Å². The maximum atomic E-state index is 5.53. The molecule has 0 fully saturated rings. The van der Waals surface area contributed by atoms with Crippen LogP contribution in [0, 0.1) is 6.92 Å². The molecule has 0 bridgehead atoms. The molecule has 0 aliphatic rings. The smallest absolute Gasteiger partial charge is 0.220 e. The fourth-order valence-electron chi connectivity index (χ4n) is 1.19. The van der Waals surface area contributed by atoms with Crippen molar-refractivity contribution < 1.29 is 0 Å². The van der Waals surface area contributed by atoms with Crippen molar-refractivity contribution in [3.8, 4) is 11.4 Å². The van der Waals surface area contributed by atoms with Crippen LogP contribution in [0.1, 0.15) is 5.69 Å². The van der Waals surface area contributed by atoms with Gasteiger partial charge in [-0.15, -0.1) is 0 Å². The van der Waals surface area contributed by atoms with E-state index >= 15 is 0 Å². The molecule has 15 heavy (non-hydrogen) atoms. The number of nitrogens with two attached hydrogens (primary N) is 2. The zero-order valence-electron chi connectivity index (χ0n) is 8.18. The van der Waals surface area contributed by atoms with Gasteiger partial charge in [-0.25, -0.2) is 19.9 Å². The molecule has 0 saturated carbocycles. The molecule has 2 heterocycles. The molecule has 0 amide bonds. The van der Waals surface area contributed by atoms with E-state index in [0.29, 0.717) is 17.2 Å². The third-order valence-electron chi connectivity index (χ3n) is 1.81. The molecule has 2 aromatic rings. The summed E-state index contributed by atoms with van der Waals surface area (Å²) < 4.78 is 0. The van der Waals surface area contributed by atoms with Crippen LogP contribution in [0.5, 0.6) is 0 Å². The Balaban J connectivity index is 2.49. The third kappa shape index (κ3) is 1.98. The van der Waals surface area contributed by atoms with Gasteiger partial charge < -0.3 is 11.5 Å². The molecule has 0 aliphatic heterocycles. The molecule has 0 radical (unpaired) electrons. The lowest BCUT2D eigenvalue weighted by atomic mass is 10.3. The van der Waals surface area contributed by atoms with E-state index in [1.165, 1.54) is 6.20 Å². The van der Waals surface area contributed by atoms with Crippen LogP contribution in [-0.2, 0) is 0 Å². The van der Waals surface area contributed by atoms with Crippen LogP contribution in [0.15, 0.2) is 18.5 Å². The number of nitrogens with zero attached hydrogens (tertiary/aromatic N) is 4. The minimum atomic E-state index is 0.226. The minimum absolute atomic E-state index is 0.226. The predicted octanol–water partition coefficient (Wildman–Crippen LogP) is 0.406. The largest absolute Gasteiger partial charge is 0.382 e. The average molecular weight is 202 g/mol. The van der Waals surface area contributed by atoms with E-state index in [2.05, 4.69) is 19.9 Å². The number of hydrogen-bond donors (Lipinski definition) is 2. The van der Waals surface area contributed by atoms with E-state index < -0.39 is 0 Å². The van der Waals surface area contributed by atoms with Crippen molar-refractivity contribution in [1.29, 1.82) is 0 Å². The van der Waals surface area contributed by atoms with Crippen molar-refractivity contribution in [2.45, 2.75) is 6.92 Å². The molecule has 2 aromatic heterocycles. The van der Waals surface area contributed by atoms with Crippen molar-refractivity contribution in [3.63, 3.8) is 0 Å². The predicted molar refractivity (Wildman–Crippen MR) is 56.6 cm³/mol. The highest BCUT2D eigenvalue weighted by Gasteiger charge is 2.04. The SMILES string of the molecule is Cc1cc(-c2cnc(N)cn2)nc(N)n1. The Hall–Kier alpha value is -2.24. The molecule has 0 unspecified atom stereocenters. The summed E-state index contributed by atoms with van der Waals surface area (Å²) in [4.78, 5) is 16.1. The van der Waals surface area contributed by atoms with Gasteiger partial charge >= 0.3 is 0 Å². The Morgan fingerprint density at radius 1 is 1.00 bits per heavy atom. The number of anilines is 2. The Bertz CT molecular complexity index is 458. The van der Waals surface area contributed by atoms with Gasteiger partial charge in [0.15, 0.2) is 0 Å². The molecule has 0 atom stereocenters. The van der Waals surface area contributed by atoms with Gasteiger partial charge in [0.1, 0.15) is 11.5 Å². The van der Waals surface area contributed by atoms with Crippen molar-refractivity contribution in [2.75, 3.05) is 11.5 Å². The van der Waals surface area contributed by atoms with Crippen LogP contribution < -0.4 is 11.5 Å². The van der Waals surface area contributed by atoms with Crippen molar-refractivity contribution in [3.05, 3.63) is 24.2 Å². The second kappa shape index (κ2) is 3.49. The third-order valence-corrected chi connectivity index (χ3v) is 1.81. The fraction of sp³-hybridized carbons (Fsp3) is 0.111. The first-order chi connectivity index (χ1) is 7.15. The Labute approximate surface area is 86.4 Å². The van der Waals surface area contributed by atoms with E-state index in [4.69, 9.17) is 11.5 Å². The summed E-state index contributed by atoms with van der Waals surface area (Å²) in [6.07, 6.45) is 3.03. The molecule has 0 spiro atoms. The van der Waals surface area contributed by atoms with Crippen molar-refractivity contribution in [1.82, 2.24) is 19.9 Å². The van der Waals surface area contributed by atoms with Gasteiger partial charge in [-0.05, 0) is 13.0 Å². The van der Waals surface area contributed by atoms with Gasteiger partial charge in [0.05, 0.1) is 18.1 Å². The highest BCUT2D eigenvalue weighted by molar-refractivity contribution is 5.55. The molecule has 76 valence electrons. The van der Waals surface area contributed by atoms with Gasteiger partial charge in [0, 0.05) is 5.69 Å². The second-order valence-electron chi connectivity index (χ2n) is 3.08. The highest BCUT2D eigenvalue weighted by Crippen LogP contribution is 2.15. The Morgan fingerprint density at radius 3 is 2.40 bits per heavy atom. The summed E-state index contributed by atoms with van der Waals surface area (Å²) in [5.74, 6) is 0.598. The van der Waals surface area contributed by atoms with Gasteiger partial charge in [-0.2, -0.15) is 0 Å². The first-order valence-electron chi connectivity index (χ1n) is 4.34. The summed E-state index contributed by atoms with van der Waals surface area (Å²) in [6, 6.07) is 1.79. The number of nitrogen functional groups attached to an aromatic ring is 2. The lowest BCUT2D eigenvalue weighted by Gasteiger charge is -2.02. The summed E-state index contributed by atoms with van der Waals surface area (Å²) in [6.45, 7) is 1.84. The topological polar surface area (TPSA) is 104 Å². The monoisotopic (exact) mass is 202 g/mol. The Morgan fingerprint density at radius 2 is 1.80 bits per heavy atom. The van der Waals surface area contributed by atoms with Gasteiger partial charge in [0.2, 0.25) is 5.95 Å². The van der Waals surface area contributed by atoms with Gasteiger partial charge in [0.25, 0.3) is 0 Å². The number of hydrogen-bond acceptors (Lipinski definition) is 6. The van der Waals surface area contributed by atoms with Crippen LogP contribution in [0.4, 0.5) is 11.8 Å². The number of rotatable bonds is 1. The zero-order valence-corrected chi connectivity index (χ0v) is 8.18. The molecule has 4 N–H and O–H groups in total. The number of aromatic nitrogens is 4. The van der Waals surface area contributed by atoms with Crippen LogP contribution in [0.2, 0.25) is 0 Å². The Kier molecular flexibility index (Phi) is 2.17. The normalized spacial score (nSPS) is 10.2.